The highest BCUT2D eigenvalue weighted by molar-refractivity contribution is 6.35. The molecule has 5 nitrogen and oxygen atoms in total. The van der Waals surface area contributed by atoms with E-state index in [2.05, 4.69) is 60.9 Å². The van der Waals surface area contributed by atoms with Gasteiger partial charge in [0.05, 0.1) is 5.57 Å². The molecule has 2 aromatic rings. The van der Waals surface area contributed by atoms with Crippen LogP contribution >= 0.6 is 0 Å². The minimum atomic E-state index is -0.138. The molecule has 1 saturated heterocycles. The average molecular weight is 446 g/mol. The highest BCUT2D eigenvalue weighted by Crippen LogP contribution is 2.33. The summed E-state index contributed by atoms with van der Waals surface area (Å²) in [5.74, 6) is -0.262. The van der Waals surface area contributed by atoms with Crippen LogP contribution in [0.4, 0.5) is 0 Å². The van der Waals surface area contributed by atoms with E-state index in [0.29, 0.717) is 17.8 Å². The number of carbonyl (C=O) groups is 2. The van der Waals surface area contributed by atoms with E-state index in [-0.39, 0.29) is 11.8 Å². The number of aryl methyl sites for hydroxylation is 2. The zero-order chi connectivity index (χ0) is 23.4. The second-order valence-electron chi connectivity index (χ2n) is 9.24. The lowest BCUT2D eigenvalue weighted by atomic mass is 9.99. The Balaban J connectivity index is 1.57. The van der Waals surface area contributed by atoms with Gasteiger partial charge < -0.3 is 4.90 Å². The normalized spacial score (nSPS) is 17.4. The van der Waals surface area contributed by atoms with Crippen LogP contribution in [0, 0.1) is 13.8 Å². The average Bonchev–Trinajstić information content (AvgIpc) is 3.07. The SMILES string of the molecule is CCCCCN1C(=O)C(c2ccc(C)c(C)c2)=C(N2CCN(Cc3ccccc3)CC2)C1=O. The number of unbranched alkanes of at least 4 members (excludes halogenated alkanes) is 2. The van der Waals surface area contributed by atoms with E-state index in [0.717, 1.165) is 63.1 Å². The number of hydrogen-bond donors (Lipinski definition) is 0. The number of benzene rings is 2. The Kier molecular flexibility index (Phi) is 7.29. The van der Waals surface area contributed by atoms with Crippen LogP contribution in [0.3, 0.4) is 0 Å². The second kappa shape index (κ2) is 10.3. The molecule has 0 spiro atoms. The van der Waals surface area contributed by atoms with Gasteiger partial charge in [0, 0.05) is 39.3 Å². The molecule has 0 radical (unpaired) electrons. The summed E-state index contributed by atoms with van der Waals surface area (Å²) in [7, 11) is 0. The molecule has 174 valence electrons. The van der Waals surface area contributed by atoms with E-state index in [1.165, 1.54) is 16.0 Å². The Bertz CT molecular complexity index is 1040. The van der Waals surface area contributed by atoms with Gasteiger partial charge in [0.25, 0.3) is 11.8 Å². The third kappa shape index (κ3) is 5.03. The topological polar surface area (TPSA) is 43.9 Å². The Morgan fingerprint density at radius 1 is 0.818 bits per heavy atom. The molecule has 0 bridgehead atoms. The number of imide groups is 1. The molecule has 0 aliphatic carbocycles. The van der Waals surface area contributed by atoms with Gasteiger partial charge >= 0.3 is 0 Å². The van der Waals surface area contributed by atoms with E-state index in [1.807, 2.05) is 18.2 Å². The summed E-state index contributed by atoms with van der Waals surface area (Å²) >= 11 is 0. The Morgan fingerprint density at radius 2 is 1.55 bits per heavy atom. The molecule has 0 atom stereocenters. The summed E-state index contributed by atoms with van der Waals surface area (Å²) < 4.78 is 0. The van der Waals surface area contributed by atoms with Gasteiger partial charge in [-0.25, -0.2) is 0 Å². The van der Waals surface area contributed by atoms with Crippen molar-refractivity contribution in [2.24, 2.45) is 0 Å². The van der Waals surface area contributed by atoms with Gasteiger partial charge in [0.15, 0.2) is 0 Å². The minimum absolute atomic E-state index is 0.124. The van der Waals surface area contributed by atoms with E-state index in [9.17, 15) is 9.59 Å². The van der Waals surface area contributed by atoms with Crippen molar-refractivity contribution < 1.29 is 9.59 Å². The largest absolute Gasteiger partial charge is 0.364 e. The van der Waals surface area contributed by atoms with Gasteiger partial charge in [-0.1, -0.05) is 68.3 Å². The Labute approximate surface area is 197 Å². The van der Waals surface area contributed by atoms with Crippen LogP contribution in [-0.4, -0.2) is 59.2 Å². The lowest BCUT2D eigenvalue weighted by Crippen LogP contribution is -2.47. The van der Waals surface area contributed by atoms with Gasteiger partial charge in [-0.05, 0) is 42.5 Å². The van der Waals surface area contributed by atoms with E-state index in [4.69, 9.17) is 0 Å². The lowest BCUT2D eigenvalue weighted by molar-refractivity contribution is -0.137. The van der Waals surface area contributed by atoms with Crippen LogP contribution in [0.25, 0.3) is 5.57 Å². The van der Waals surface area contributed by atoms with Crippen LogP contribution in [0.15, 0.2) is 54.2 Å². The van der Waals surface area contributed by atoms with Crippen molar-refractivity contribution in [3.8, 4) is 0 Å². The van der Waals surface area contributed by atoms with Crippen LogP contribution in [0.5, 0.6) is 0 Å². The smallest absolute Gasteiger partial charge is 0.277 e. The van der Waals surface area contributed by atoms with Gasteiger partial charge in [-0.15, -0.1) is 0 Å². The predicted octanol–water partition coefficient (Wildman–Crippen LogP) is 4.39. The molecule has 0 unspecified atom stereocenters. The molecule has 2 aromatic carbocycles. The quantitative estimate of drug-likeness (QED) is 0.447. The molecule has 2 aliphatic heterocycles. The van der Waals surface area contributed by atoms with E-state index in [1.54, 1.807) is 0 Å². The minimum Gasteiger partial charge on any atom is -0.364 e. The summed E-state index contributed by atoms with van der Waals surface area (Å²) in [4.78, 5) is 33.0. The summed E-state index contributed by atoms with van der Waals surface area (Å²) in [6.45, 7) is 10.9. The predicted molar refractivity (Wildman–Crippen MR) is 132 cm³/mol. The maximum atomic E-state index is 13.5. The molecule has 4 rings (SSSR count). The fraction of sp³-hybridized carbons (Fsp3) is 0.429. The molecule has 0 saturated carbocycles. The summed E-state index contributed by atoms with van der Waals surface area (Å²) in [5, 5.41) is 0. The van der Waals surface area contributed by atoms with Crippen LogP contribution in [0.2, 0.25) is 0 Å². The third-order valence-electron chi connectivity index (χ3n) is 6.86. The third-order valence-corrected chi connectivity index (χ3v) is 6.86. The zero-order valence-corrected chi connectivity index (χ0v) is 20.1. The van der Waals surface area contributed by atoms with Crippen LogP contribution in [-0.2, 0) is 16.1 Å². The number of carbonyl (C=O) groups excluding carboxylic acids is 2. The van der Waals surface area contributed by atoms with Crippen molar-refractivity contribution in [3.63, 3.8) is 0 Å². The number of piperazine rings is 1. The molecule has 2 amide bonds. The number of hydrogen-bond acceptors (Lipinski definition) is 4. The second-order valence-corrected chi connectivity index (χ2v) is 9.24. The number of rotatable bonds is 8. The fourth-order valence-corrected chi connectivity index (χ4v) is 4.71. The first-order valence-corrected chi connectivity index (χ1v) is 12.2. The molecule has 0 aromatic heterocycles. The molecule has 33 heavy (non-hydrogen) atoms. The standard InChI is InChI=1S/C28H35N3O2/c1-4-5-9-14-31-27(32)25(24-13-12-21(2)22(3)19-24)26(28(31)33)30-17-15-29(16-18-30)20-23-10-7-6-8-11-23/h6-8,10-13,19H,4-5,9,14-18,20H2,1-3H3. The lowest BCUT2D eigenvalue weighted by Gasteiger charge is -2.36. The van der Waals surface area contributed by atoms with Crippen molar-refractivity contribution in [2.75, 3.05) is 32.7 Å². The highest BCUT2D eigenvalue weighted by atomic mass is 16.2. The Hall–Kier alpha value is -2.92. The molecular formula is C28H35N3O2. The van der Waals surface area contributed by atoms with Gasteiger partial charge in [-0.2, -0.15) is 0 Å². The van der Waals surface area contributed by atoms with Gasteiger partial charge in [-0.3, -0.25) is 19.4 Å². The van der Waals surface area contributed by atoms with Crippen molar-refractivity contribution >= 4 is 17.4 Å². The van der Waals surface area contributed by atoms with E-state index < -0.39 is 0 Å². The van der Waals surface area contributed by atoms with E-state index >= 15 is 0 Å². The van der Waals surface area contributed by atoms with Crippen LogP contribution in [0.1, 0.15) is 48.4 Å². The first-order chi connectivity index (χ1) is 16.0. The number of nitrogens with zero attached hydrogens (tertiary/aromatic N) is 3. The first kappa shape index (κ1) is 23.2. The summed E-state index contributed by atoms with van der Waals surface area (Å²) in [6, 6.07) is 16.6. The zero-order valence-electron chi connectivity index (χ0n) is 20.1. The number of amides is 2. The molecular weight excluding hydrogens is 410 g/mol. The molecule has 5 heteroatoms. The molecule has 0 N–H and O–H groups in total. The molecule has 2 aliphatic rings. The maximum absolute atomic E-state index is 13.5. The first-order valence-electron chi connectivity index (χ1n) is 12.2. The summed E-state index contributed by atoms with van der Waals surface area (Å²) in [5.41, 5.74) is 5.66. The summed E-state index contributed by atoms with van der Waals surface area (Å²) in [6.07, 6.45) is 2.93. The highest BCUT2D eigenvalue weighted by Gasteiger charge is 2.41. The van der Waals surface area contributed by atoms with Crippen molar-refractivity contribution in [1.82, 2.24) is 14.7 Å². The van der Waals surface area contributed by atoms with Crippen molar-refractivity contribution in [3.05, 3.63) is 76.5 Å². The van der Waals surface area contributed by atoms with Gasteiger partial charge in [0.2, 0.25) is 0 Å². The maximum Gasteiger partial charge on any atom is 0.277 e. The van der Waals surface area contributed by atoms with Gasteiger partial charge in [0.1, 0.15) is 5.70 Å². The van der Waals surface area contributed by atoms with Crippen molar-refractivity contribution in [1.29, 1.82) is 0 Å². The van der Waals surface area contributed by atoms with Crippen molar-refractivity contribution in [2.45, 2.75) is 46.6 Å². The Morgan fingerprint density at radius 3 is 2.21 bits per heavy atom. The monoisotopic (exact) mass is 445 g/mol. The fourth-order valence-electron chi connectivity index (χ4n) is 4.71. The molecule has 1 fully saturated rings. The molecule has 2 heterocycles. The van der Waals surface area contributed by atoms with Crippen LogP contribution < -0.4 is 0 Å².